The highest BCUT2D eigenvalue weighted by Crippen LogP contribution is 2.11. The lowest BCUT2D eigenvalue weighted by atomic mass is 10.1. The molecule has 2 aromatic rings. The Hall–Kier alpha value is -1.81. The highest BCUT2D eigenvalue weighted by molar-refractivity contribution is 9.10. The summed E-state index contributed by atoms with van der Waals surface area (Å²) in [7, 11) is 0. The molecule has 0 heterocycles. The molecule has 20 heavy (non-hydrogen) atoms. The van der Waals surface area contributed by atoms with E-state index in [1.165, 1.54) is 5.56 Å². The quantitative estimate of drug-likeness (QED) is 0.868. The van der Waals surface area contributed by atoms with Crippen LogP contribution in [0.1, 0.15) is 11.1 Å². The van der Waals surface area contributed by atoms with Gasteiger partial charge in [0.15, 0.2) is 0 Å². The van der Waals surface area contributed by atoms with Crippen molar-refractivity contribution in [3.8, 4) is 0 Å². The van der Waals surface area contributed by atoms with Crippen molar-refractivity contribution in [3.05, 3.63) is 64.1 Å². The van der Waals surface area contributed by atoms with Crippen molar-refractivity contribution in [3.63, 3.8) is 0 Å². The van der Waals surface area contributed by atoms with Crippen molar-refractivity contribution < 1.29 is 4.79 Å². The molecule has 0 aliphatic heterocycles. The van der Waals surface area contributed by atoms with Crippen molar-refractivity contribution >= 4 is 27.6 Å². The van der Waals surface area contributed by atoms with Crippen LogP contribution >= 0.6 is 15.9 Å². The third kappa shape index (κ3) is 4.70. The van der Waals surface area contributed by atoms with Gasteiger partial charge in [-0.25, -0.2) is 4.79 Å². The average molecular weight is 333 g/mol. The van der Waals surface area contributed by atoms with E-state index >= 15 is 0 Å². The molecular formula is C16H17BrN2O. The molecule has 2 aromatic carbocycles. The second-order valence-electron chi connectivity index (χ2n) is 4.63. The van der Waals surface area contributed by atoms with Crippen molar-refractivity contribution in [1.82, 2.24) is 5.32 Å². The smallest absolute Gasteiger partial charge is 0.319 e. The molecule has 2 rings (SSSR count). The molecule has 104 valence electrons. The van der Waals surface area contributed by atoms with E-state index in [2.05, 4.69) is 26.6 Å². The molecule has 0 unspecified atom stereocenters. The number of benzene rings is 2. The molecule has 0 aromatic heterocycles. The highest BCUT2D eigenvalue weighted by atomic mass is 79.9. The summed E-state index contributed by atoms with van der Waals surface area (Å²) < 4.78 is 1.06. The molecule has 0 aliphatic rings. The molecule has 0 spiro atoms. The molecule has 4 heteroatoms. The zero-order valence-corrected chi connectivity index (χ0v) is 12.9. The fourth-order valence-electron chi connectivity index (χ4n) is 1.87. The second-order valence-corrected chi connectivity index (χ2v) is 5.54. The van der Waals surface area contributed by atoms with Crippen LogP contribution in [0.3, 0.4) is 0 Å². The number of hydrogen-bond acceptors (Lipinski definition) is 1. The number of carbonyl (C=O) groups is 1. The zero-order chi connectivity index (χ0) is 14.4. The molecule has 0 saturated carbocycles. The van der Waals surface area contributed by atoms with Gasteiger partial charge in [0.05, 0.1) is 0 Å². The average Bonchev–Trinajstić information content (AvgIpc) is 2.41. The van der Waals surface area contributed by atoms with E-state index in [4.69, 9.17) is 0 Å². The minimum atomic E-state index is -0.173. The number of nitrogens with one attached hydrogen (secondary N) is 2. The van der Waals surface area contributed by atoms with Gasteiger partial charge < -0.3 is 10.6 Å². The van der Waals surface area contributed by atoms with Gasteiger partial charge in [-0.05, 0) is 48.7 Å². The Kier molecular flexibility index (Phi) is 5.18. The minimum Gasteiger partial charge on any atom is -0.338 e. The van der Waals surface area contributed by atoms with Crippen LogP contribution < -0.4 is 10.6 Å². The molecule has 0 atom stereocenters. The number of carbonyl (C=O) groups excluding carboxylic acids is 1. The van der Waals surface area contributed by atoms with Gasteiger partial charge in [-0.2, -0.15) is 0 Å². The van der Waals surface area contributed by atoms with Gasteiger partial charge in [0, 0.05) is 16.7 Å². The number of urea groups is 1. The Morgan fingerprint density at radius 3 is 2.60 bits per heavy atom. The summed E-state index contributed by atoms with van der Waals surface area (Å²) in [6, 6.07) is 15.7. The van der Waals surface area contributed by atoms with Gasteiger partial charge in [-0.1, -0.05) is 40.2 Å². The maximum Gasteiger partial charge on any atom is 0.319 e. The van der Waals surface area contributed by atoms with Gasteiger partial charge in [0.25, 0.3) is 0 Å². The van der Waals surface area contributed by atoms with Gasteiger partial charge in [0.1, 0.15) is 0 Å². The van der Waals surface area contributed by atoms with Crippen molar-refractivity contribution in [1.29, 1.82) is 0 Å². The number of hydrogen-bond donors (Lipinski definition) is 2. The molecule has 0 bridgehead atoms. The maximum absolute atomic E-state index is 11.7. The van der Waals surface area contributed by atoms with Gasteiger partial charge in [-0.3, -0.25) is 0 Å². The summed E-state index contributed by atoms with van der Waals surface area (Å²) in [5.74, 6) is 0. The summed E-state index contributed by atoms with van der Waals surface area (Å²) in [5, 5.41) is 5.67. The van der Waals surface area contributed by atoms with Gasteiger partial charge >= 0.3 is 6.03 Å². The molecular weight excluding hydrogens is 316 g/mol. The summed E-state index contributed by atoms with van der Waals surface area (Å²) in [6.45, 7) is 2.61. The fourth-order valence-corrected chi connectivity index (χ4v) is 2.13. The Morgan fingerprint density at radius 2 is 1.90 bits per heavy atom. The van der Waals surface area contributed by atoms with E-state index in [1.807, 2.05) is 55.5 Å². The zero-order valence-electron chi connectivity index (χ0n) is 11.3. The first-order valence-corrected chi connectivity index (χ1v) is 7.29. The Morgan fingerprint density at radius 1 is 1.15 bits per heavy atom. The lowest BCUT2D eigenvalue weighted by molar-refractivity contribution is 0.252. The standard InChI is InChI=1S/C16H17BrN2O/c1-12-3-2-4-15(11-12)19-16(20)18-10-9-13-5-7-14(17)8-6-13/h2-8,11H,9-10H2,1H3,(H2,18,19,20). The summed E-state index contributed by atoms with van der Waals surface area (Å²) in [4.78, 5) is 11.7. The number of anilines is 1. The van der Waals surface area contributed by atoms with E-state index in [0.717, 1.165) is 22.1 Å². The van der Waals surface area contributed by atoms with E-state index < -0.39 is 0 Å². The van der Waals surface area contributed by atoms with E-state index in [-0.39, 0.29) is 6.03 Å². The van der Waals surface area contributed by atoms with Crippen LogP contribution in [0.25, 0.3) is 0 Å². The van der Waals surface area contributed by atoms with Crippen LogP contribution in [0.15, 0.2) is 53.0 Å². The molecule has 0 fully saturated rings. The normalized spacial score (nSPS) is 10.1. The van der Waals surface area contributed by atoms with Crippen molar-refractivity contribution in [2.75, 3.05) is 11.9 Å². The lowest BCUT2D eigenvalue weighted by Gasteiger charge is -2.08. The van der Waals surface area contributed by atoms with E-state index in [1.54, 1.807) is 0 Å². The first kappa shape index (κ1) is 14.6. The van der Waals surface area contributed by atoms with E-state index in [0.29, 0.717) is 6.54 Å². The molecule has 0 saturated heterocycles. The predicted octanol–water partition coefficient (Wildman–Crippen LogP) is 4.12. The first-order valence-electron chi connectivity index (χ1n) is 6.49. The third-order valence-corrected chi connectivity index (χ3v) is 3.42. The Balaban J connectivity index is 1.76. The van der Waals surface area contributed by atoms with Crippen LogP contribution in [-0.2, 0) is 6.42 Å². The molecule has 0 aliphatic carbocycles. The molecule has 0 radical (unpaired) electrons. The SMILES string of the molecule is Cc1cccc(NC(=O)NCCc2ccc(Br)cc2)c1. The van der Waals surface area contributed by atoms with Crippen LogP contribution in [0.4, 0.5) is 10.5 Å². The maximum atomic E-state index is 11.7. The fraction of sp³-hybridized carbons (Fsp3) is 0.188. The summed E-state index contributed by atoms with van der Waals surface area (Å²) in [5.41, 5.74) is 3.13. The first-order chi connectivity index (χ1) is 9.63. The number of aryl methyl sites for hydroxylation is 1. The van der Waals surface area contributed by atoms with Gasteiger partial charge in [-0.15, -0.1) is 0 Å². The molecule has 2 N–H and O–H groups in total. The second kappa shape index (κ2) is 7.10. The van der Waals surface area contributed by atoms with Crippen molar-refractivity contribution in [2.45, 2.75) is 13.3 Å². The monoisotopic (exact) mass is 332 g/mol. The van der Waals surface area contributed by atoms with Crippen molar-refractivity contribution in [2.24, 2.45) is 0 Å². The lowest BCUT2D eigenvalue weighted by Crippen LogP contribution is -2.30. The summed E-state index contributed by atoms with van der Waals surface area (Å²) >= 11 is 3.40. The van der Waals surface area contributed by atoms with Crippen LogP contribution in [0.2, 0.25) is 0 Å². The van der Waals surface area contributed by atoms with Crippen LogP contribution in [0, 0.1) is 6.92 Å². The van der Waals surface area contributed by atoms with Gasteiger partial charge in [0.2, 0.25) is 0 Å². The largest absolute Gasteiger partial charge is 0.338 e. The predicted molar refractivity (Wildman–Crippen MR) is 86.0 cm³/mol. The third-order valence-electron chi connectivity index (χ3n) is 2.89. The number of amides is 2. The Labute approximate surface area is 127 Å². The minimum absolute atomic E-state index is 0.173. The Bertz CT molecular complexity index is 581. The topological polar surface area (TPSA) is 41.1 Å². The number of rotatable bonds is 4. The summed E-state index contributed by atoms with van der Waals surface area (Å²) in [6.07, 6.45) is 0.814. The molecule has 2 amide bonds. The number of halogens is 1. The van der Waals surface area contributed by atoms with Crippen LogP contribution in [-0.4, -0.2) is 12.6 Å². The van der Waals surface area contributed by atoms with E-state index in [9.17, 15) is 4.79 Å². The molecule has 3 nitrogen and oxygen atoms in total. The highest BCUT2D eigenvalue weighted by Gasteiger charge is 2.01. The van der Waals surface area contributed by atoms with Crippen LogP contribution in [0.5, 0.6) is 0 Å².